The normalized spacial score (nSPS) is 19.6. The van der Waals surface area contributed by atoms with Crippen LogP contribution in [0.1, 0.15) is 34.5 Å². The summed E-state index contributed by atoms with van der Waals surface area (Å²) in [5.41, 5.74) is 1.37. The summed E-state index contributed by atoms with van der Waals surface area (Å²) in [5, 5.41) is 1.30. The molecule has 0 radical (unpaired) electrons. The van der Waals surface area contributed by atoms with E-state index in [-0.39, 0.29) is 5.91 Å². The van der Waals surface area contributed by atoms with Crippen LogP contribution in [0.3, 0.4) is 0 Å². The molecule has 92 valence electrons. The number of hydrogen-bond donors (Lipinski definition) is 0. The minimum Gasteiger partial charge on any atom is -0.366 e. The molecule has 0 N–H and O–H groups in total. The monoisotopic (exact) mass is 250 g/mol. The van der Waals surface area contributed by atoms with Crippen molar-refractivity contribution in [1.29, 1.82) is 0 Å². The molecule has 1 fully saturated rings. The highest BCUT2D eigenvalue weighted by Crippen LogP contribution is 2.35. The van der Waals surface area contributed by atoms with Gasteiger partial charge in [-0.05, 0) is 37.3 Å². The Bertz CT molecular complexity index is 435. The maximum absolute atomic E-state index is 12.3. The van der Waals surface area contributed by atoms with Crippen LogP contribution in [0.4, 0.5) is 5.00 Å². The molecular formula is C13H18N2OS. The fourth-order valence-electron chi connectivity index (χ4n) is 2.71. The molecule has 0 aliphatic carbocycles. The van der Waals surface area contributed by atoms with E-state index in [1.54, 1.807) is 11.3 Å². The lowest BCUT2D eigenvalue weighted by atomic mass is 10.1. The number of rotatable bonds is 1. The third-order valence-corrected chi connectivity index (χ3v) is 4.96. The van der Waals surface area contributed by atoms with Crippen LogP contribution >= 0.6 is 11.3 Å². The average molecular weight is 250 g/mol. The molecule has 2 aliphatic rings. The SMILES string of the molecule is CN1CCCc2cc(C(=O)N3CCCC3)sc21. The molecule has 3 heterocycles. The number of amides is 1. The van der Waals surface area contributed by atoms with Gasteiger partial charge in [0.2, 0.25) is 0 Å². The molecule has 0 saturated carbocycles. The molecule has 3 nitrogen and oxygen atoms in total. The van der Waals surface area contributed by atoms with Crippen molar-refractivity contribution in [1.82, 2.24) is 4.90 Å². The van der Waals surface area contributed by atoms with E-state index in [2.05, 4.69) is 18.0 Å². The maximum Gasteiger partial charge on any atom is 0.264 e. The second-order valence-electron chi connectivity index (χ2n) is 4.97. The smallest absolute Gasteiger partial charge is 0.264 e. The molecule has 0 bridgehead atoms. The van der Waals surface area contributed by atoms with Gasteiger partial charge in [-0.15, -0.1) is 11.3 Å². The van der Waals surface area contributed by atoms with Crippen LogP contribution in [0.5, 0.6) is 0 Å². The van der Waals surface area contributed by atoms with E-state index in [1.165, 1.54) is 17.0 Å². The fraction of sp³-hybridized carbons (Fsp3) is 0.615. The lowest BCUT2D eigenvalue weighted by Gasteiger charge is -2.23. The first-order valence-electron chi connectivity index (χ1n) is 6.39. The van der Waals surface area contributed by atoms with Crippen molar-refractivity contribution in [2.24, 2.45) is 0 Å². The zero-order valence-corrected chi connectivity index (χ0v) is 11.1. The number of thiophene rings is 1. The third-order valence-electron chi connectivity index (χ3n) is 3.68. The maximum atomic E-state index is 12.3. The van der Waals surface area contributed by atoms with Crippen LogP contribution in [0.25, 0.3) is 0 Å². The number of nitrogens with zero attached hydrogens (tertiary/aromatic N) is 2. The standard InChI is InChI=1S/C13H18N2OS/c1-14-6-4-5-10-9-11(17-13(10)14)12(16)15-7-2-3-8-15/h9H,2-8H2,1H3. The number of fused-ring (bicyclic) bond motifs is 1. The van der Waals surface area contributed by atoms with Gasteiger partial charge < -0.3 is 9.80 Å². The van der Waals surface area contributed by atoms with E-state index >= 15 is 0 Å². The zero-order valence-electron chi connectivity index (χ0n) is 10.2. The molecule has 1 aromatic heterocycles. The van der Waals surface area contributed by atoms with Crippen LogP contribution in [0, 0.1) is 0 Å². The van der Waals surface area contributed by atoms with E-state index in [0.717, 1.165) is 43.8 Å². The van der Waals surface area contributed by atoms with Gasteiger partial charge in [-0.1, -0.05) is 0 Å². The number of carbonyl (C=O) groups is 1. The predicted molar refractivity (Wildman–Crippen MR) is 71.0 cm³/mol. The van der Waals surface area contributed by atoms with Gasteiger partial charge in [-0.25, -0.2) is 0 Å². The Kier molecular flexibility index (Phi) is 2.82. The second-order valence-corrected chi connectivity index (χ2v) is 6.00. The van der Waals surface area contributed by atoms with E-state index in [0.29, 0.717) is 0 Å². The van der Waals surface area contributed by atoms with Crippen LogP contribution < -0.4 is 4.90 Å². The average Bonchev–Trinajstić information content (AvgIpc) is 2.98. The Hall–Kier alpha value is -1.03. The van der Waals surface area contributed by atoms with Crippen molar-refractivity contribution >= 4 is 22.2 Å². The van der Waals surface area contributed by atoms with E-state index in [4.69, 9.17) is 0 Å². The van der Waals surface area contributed by atoms with Crippen molar-refractivity contribution in [2.45, 2.75) is 25.7 Å². The van der Waals surface area contributed by atoms with Crippen LogP contribution in [0.15, 0.2) is 6.07 Å². The molecule has 3 rings (SSSR count). The number of anilines is 1. The van der Waals surface area contributed by atoms with Crippen molar-refractivity contribution in [3.63, 3.8) is 0 Å². The lowest BCUT2D eigenvalue weighted by Crippen LogP contribution is -2.26. The minimum absolute atomic E-state index is 0.246. The summed E-state index contributed by atoms with van der Waals surface area (Å²) in [5.74, 6) is 0.246. The highest BCUT2D eigenvalue weighted by Gasteiger charge is 2.24. The number of likely N-dealkylation sites (tertiary alicyclic amines) is 1. The Balaban J connectivity index is 1.86. The molecule has 1 aromatic rings. The van der Waals surface area contributed by atoms with Gasteiger partial charge in [-0.3, -0.25) is 4.79 Å². The Morgan fingerprint density at radius 2 is 2.00 bits per heavy atom. The van der Waals surface area contributed by atoms with Gasteiger partial charge in [0.05, 0.1) is 9.88 Å². The first-order chi connectivity index (χ1) is 8.25. The van der Waals surface area contributed by atoms with Gasteiger partial charge >= 0.3 is 0 Å². The molecule has 0 atom stereocenters. The first kappa shape index (κ1) is 11.1. The summed E-state index contributed by atoms with van der Waals surface area (Å²) in [6.07, 6.45) is 4.66. The largest absolute Gasteiger partial charge is 0.366 e. The highest BCUT2D eigenvalue weighted by molar-refractivity contribution is 7.18. The molecule has 2 aliphatic heterocycles. The number of carbonyl (C=O) groups excluding carboxylic acids is 1. The predicted octanol–water partition coefficient (Wildman–Crippen LogP) is 2.37. The van der Waals surface area contributed by atoms with E-state index < -0.39 is 0 Å². The van der Waals surface area contributed by atoms with Gasteiger partial charge in [0.15, 0.2) is 0 Å². The molecule has 17 heavy (non-hydrogen) atoms. The van der Waals surface area contributed by atoms with Gasteiger partial charge in [0.25, 0.3) is 5.91 Å². The molecule has 0 unspecified atom stereocenters. The summed E-state index contributed by atoms with van der Waals surface area (Å²) < 4.78 is 0. The highest BCUT2D eigenvalue weighted by atomic mass is 32.1. The van der Waals surface area contributed by atoms with E-state index in [9.17, 15) is 4.79 Å². The van der Waals surface area contributed by atoms with Crippen LogP contribution in [0.2, 0.25) is 0 Å². The molecule has 0 spiro atoms. The van der Waals surface area contributed by atoms with Gasteiger partial charge in [0.1, 0.15) is 0 Å². The fourth-order valence-corrected chi connectivity index (χ4v) is 3.88. The molecular weight excluding hydrogens is 232 g/mol. The van der Waals surface area contributed by atoms with Gasteiger partial charge in [0, 0.05) is 26.7 Å². The molecule has 1 amide bonds. The topological polar surface area (TPSA) is 23.6 Å². The molecule has 1 saturated heterocycles. The number of aryl methyl sites for hydroxylation is 1. The molecule has 0 aromatic carbocycles. The first-order valence-corrected chi connectivity index (χ1v) is 7.20. The van der Waals surface area contributed by atoms with Crippen LogP contribution in [-0.4, -0.2) is 37.5 Å². The second kappa shape index (κ2) is 4.33. The Morgan fingerprint density at radius 1 is 1.24 bits per heavy atom. The summed E-state index contributed by atoms with van der Waals surface area (Å²) in [4.78, 5) is 17.5. The summed E-state index contributed by atoms with van der Waals surface area (Å²) >= 11 is 1.67. The van der Waals surface area contributed by atoms with Crippen molar-refractivity contribution in [3.8, 4) is 0 Å². The van der Waals surface area contributed by atoms with Crippen molar-refractivity contribution in [3.05, 3.63) is 16.5 Å². The minimum atomic E-state index is 0.246. The zero-order chi connectivity index (χ0) is 11.8. The quantitative estimate of drug-likeness (QED) is 0.764. The molecule has 4 heteroatoms. The summed E-state index contributed by atoms with van der Waals surface area (Å²) in [7, 11) is 2.12. The van der Waals surface area contributed by atoms with Gasteiger partial charge in [-0.2, -0.15) is 0 Å². The Labute approximate surface area is 106 Å². The number of hydrogen-bond acceptors (Lipinski definition) is 3. The van der Waals surface area contributed by atoms with Crippen LogP contribution in [-0.2, 0) is 6.42 Å². The Morgan fingerprint density at radius 3 is 2.71 bits per heavy atom. The van der Waals surface area contributed by atoms with E-state index in [1.807, 2.05) is 4.90 Å². The summed E-state index contributed by atoms with van der Waals surface area (Å²) in [6.45, 7) is 3.00. The third kappa shape index (κ3) is 1.95. The van der Waals surface area contributed by atoms with Crippen molar-refractivity contribution < 1.29 is 4.79 Å². The summed E-state index contributed by atoms with van der Waals surface area (Å²) in [6, 6.07) is 2.12. The lowest BCUT2D eigenvalue weighted by molar-refractivity contribution is 0.0797. The van der Waals surface area contributed by atoms with Crippen molar-refractivity contribution in [2.75, 3.05) is 31.6 Å².